The molecule has 0 aliphatic carbocycles. The summed E-state index contributed by atoms with van der Waals surface area (Å²) in [6.07, 6.45) is 5.88. The second-order valence-electron chi connectivity index (χ2n) is 4.86. The van der Waals surface area contributed by atoms with Gasteiger partial charge in [-0.3, -0.25) is 4.79 Å². The zero-order chi connectivity index (χ0) is 13.9. The van der Waals surface area contributed by atoms with Crippen LogP contribution >= 0.6 is 0 Å². The number of nitrogens with two attached hydrogens (primary N) is 1. The van der Waals surface area contributed by atoms with Crippen molar-refractivity contribution in [1.29, 1.82) is 0 Å². The molecule has 0 spiro atoms. The van der Waals surface area contributed by atoms with Gasteiger partial charge in [0.1, 0.15) is 6.04 Å². The lowest BCUT2D eigenvalue weighted by Gasteiger charge is -2.11. The van der Waals surface area contributed by atoms with E-state index in [0.717, 1.165) is 19.3 Å². The maximum atomic E-state index is 11.6. The van der Waals surface area contributed by atoms with Gasteiger partial charge in [-0.1, -0.05) is 56.5 Å². The lowest BCUT2D eigenvalue weighted by molar-refractivity contribution is -0.145. The maximum absolute atomic E-state index is 11.6. The van der Waals surface area contributed by atoms with E-state index in [-0.39, 0.29) is 5.97 Å². The molecule has 0 saturated carbocycles. The molecule has 3 heteroatoms. The number of hydrogen-bond acceptors (Lipinski definition) is 3. The van der Waals surface area contributed by atoms with Crippen LogP contribution in [0.2, 0.25) is 0 Å². The van der Waals surface area contributed by atoms with E-state index in [2.05, 4.69) is 6.92 Å². The van der Waals surface area contributed by atoms with Crippen LogP contribution in [-0.2, 0) is 16.0 Å². The first-order chi connectivity index (χ1) is 9.24. The largest absolute Gasteiger partial charge is 0.465 e. The van der Waals surface area contributed by atoms with Crippen LogP contribution in [0.5, 0.6) is 0 Å². The van der Waals surface area contributed by atoms with Crippen molar-refractivity contribution in [3.8, 4) is 0 Å². The van der Waals surface area contributed by atoms with E-state index in [1.54, 1.807) is 0 Å². The number of unbranched alkanes of at least 4 members (excludes halogenated alkanes) is 3. The summed E-state index contributed by atoms with van der Waals surface area (Å²) in [7, 11) is 0. The minimum Gasteiger partial charge on any atom is -0.465 e. The number of esters is 1. The average Bonchev–Trinajstić information content (AvgIpc) is 2.45. The highest BCUT2D eigenvalue weighted by Crippen LogP contribution is 2.05. The zero-order valence-electron chi connectivity index (χ0n) is 11.8. The van der Waals surface area contributed by atoms with Crippen molar-refractivity contribution < 1.29 is 9.53 Å². The summed E-state index contributed by atoms with van der Waals surface area (Å²) in [4.78, 5) is 11.6. The van der Waals surface area contributed by atoms with Crippen LogP contribution in [0.4, 0.5) is 0 Å². The van der Waals surface area contributed by atoms with Crippen molar-refractivity contribution in [2.75, 3.05) is 6.61 Å². The smallest absolute Gasteiger partial charge is 0.322 e. The third-order valence-electron chi connectivity index (χ3n) is 3.13. The van der Waals surface area contributed by atoms with Gasteiger partial charge in [-0.15, -0.1) is 0 Å². The molecule has 0 bridgehead atoms. The van der Waals surface area contributed by atoms with Gasteiger partial charge >= 0.3 is 5.97 Å². The molecule has 0 heterocycles. The second-order valence-corrected chi connectivity index (χ2v) is 4.86. The maximum Gasteiger partial charge on any atom is 0.322 e. The van der Waals surface area contributed by atoms with Crippen LogP contribution in [0.1, 0.15) is 44.6 Å². The molecule has 19 heavy (non-hydrogen) atoms. The summed E-state index contributed by atoms with van der Waals surface area (Å²) in [6.45, 7) is 2.66. The minimum atomic E-state index is -0.508. The molecule has 0 radical (unpaired) electrons. The van der Waals surface area contributed by atoms with E-state index >= 15 is 0 Å². The fraction of sp³-hybridized carbons (Fsp3) is 0.562. The van der Waals surface area contributed by atoms with Gasteiger partial charge in [0.15, 0.2) is 0 Å². The van der Waals surface area contributed by atoms with Crippen molar-refractivity contribution in [3.05, 3.63) is 35.9 Å². The molecule has 0 saturated heterocycles. The Morgan fingerprint density at radius 2 is 1.95 bits per heavy atom. The fourth-order valence-electron chi connectivity index (χ4n) is 1.89. The molecule has 0 amide bonds. The molecule has 106 valence electrons. The van der Waals surface area contributed by atoms with Crippen LogP contribution in [0.3, 0.4) is 0 Å². The molecule has 0 aliphatic rings. The zero-order valence-corrected chi connectivity index (χ0v) is 11.8. The SMILES string of the molecule is CCCCCCOC(=O)[C@@H](N)CCc1ccccc1. The molecule has 1 rings (SSSR count). The Kier molecular flexibility index (Phi) is 7.91. The highest BCUT2D eigenvalue weighted by Gasteiger charge is 2.14. The molecule has 0 aromatic heterocycles. The van der Waals surface area contributed by atoms with Crippen molar-refractivity contribution in [2.24, 2.45) is 5.73 Å². The molecule has 1 aromatic rings. The van der Waals surface area contributed by atoms with E-state index in [1.165, 1.54) is 18.4 Å². The van der Waals surface area contributed by atoms with Crippen LogP contribution in [0.25, 0.3) is 0 Å². The van der Waals surface area contributed by atoms with Gasteiger partial charge in [0.05, 0.1) is 6.61 Å². The van der Waals surface area contributed by atoms with Gasteiger partial charge in [0, 0.05) is 0 Å². The predicted molar refractivity (Wildman–Crippen MR) is 77.8 cm³/mol. The molecule has 1 aromatic carbocycles. The van der Waals surface area contributed by atoms with E-state index in [4.69, 9.17) is 10.5 Å². The quantitative estimate of drug-likeness (QED) is 0.550. The molecule has 2 N–H and O–H groups in total. The number of aryl methyl sites for hydroxylation is 1. The van der Waals surface area contributed by atoms with E-state index < -0.39 is 6.04 Å². The Morgan fingerprint density at radius 1 is 1.21 bits per heavy atom. The van der Waals surface area contributed by atoms with E-state index in [0.29, 0.717) is 13.0 Å². The number of rotatable bonds is 9. The fourth-order valence-corrected chi connectivity index (χ4v) is 1.89. The van der Waals surface area contributed by atoms with Gasteiger partial charge in [-0.2, -0.15) is 0 Å². The standard InChI is InChI=1S/C16H25NO2/c1-2-3-4-8-13-19-16(18)15(17)12-11-14-9-6-5-7-10-14/h5-7,9-10,15H,2-4,8,11-13,17H2,1H3/t15-/m0/s1. The lowest BCUT2D eigenvalue weighted by Crippen LogP contribution is -2.33. The van der Waals surface area contributed by atoms with Crippen LogP contribution in [0, 0.1) is 0 Å². The van der Waals surface area contributed by atoms with Crippen molar-refractivity contribution in [3.63, 3.8) is 0 Å². The third-order valence-corrected chi connectivity index (χ3v) is 3.13. The first-order valence-electron chi connectivity index (χ1n) is 7.20. The summed E-state index contributed by atoms with van der Waals surface area (Å²) in [5.41, 5.74) is 7.03. The third kappa shape index (κ3) is 6.97. The monoisotopic (exact) mass is 263 g/mol. The number of ether oxygens (including phenoxy) is 1. The Labute approximate surface area is 116 Å². The summed E-state index contributed by atoms with van der Waals surface area (Å²) in [5.74, 6) is -0.271. The molecule has 1 atom stereocenters. The minimum absolute atomic E-state index is 0.271. The highest BCUT2D eigenvalue weighted by molar-refractivity contribution is 5.75. The topological polar surface area (TPSA) is 52.3 Å². The van der Waals surface area contributed by atoms with Crippen LogP contribution < -0.4 is 5.73 Å². The first-order valence-corrected chi connectivity index (χ1v) is 7.20. The summed E-state index contributed by atoms with van der Waals surface area (Å²) < 4.78 is 5.17. The van der Waals surface area contributed by atoms with Gasteiger partial charge in [-0.25, -0.2) is 0 Å². The highest BCUT2D eigenvalue weighted by atomic mass is 16.5. The van der Waals surface area contributed by atoms with Gasteiger partial charge in [-0.05, 0) is 24.8 Å². The summed E-state index contributed by atoms with van der Waals surface area (Å²) >= 11 is 0. The number of benzene rings is 1. The van der Waals surface area contributed by atoms with Gasteiger partial charge in [0.25, 0.3) is 0 Å². The van der Waals surface area contributed by atoms with Crippen molar-refractivity contribution in [1.82, 2.24) is 0 Å². The number of hydrogen-bond donors (Lipinski definition) is 1. The molecule has 0 unspecified atom stereocenters. The van der Waals surface area contributed by atoms with E-state index in [1.807, 2.05) is 30.3 Å². The Hall–Kier alpha value is -1.35. The first kappa shape index (κ1) is 15.7. The summed E-state index contributed by atoms with van der Waals surface area (Å²) in [6, 6.07) is 9.55. The van der Waals surface area contributed by atoms with Crippen molar-refractivity contribution >= 4 is 5.97 Å². The molecular weight excluding hydrogens is 238 g/mol. The van der Waals surface area contributed by atoms with Crippen LogP contribution in [-0.4, -0.2) is 18.6 Å². The molecule has 0 fully saturated rings. The van der Waals surface area contributed by atoms with Crippen molar-refractivity contribution in [2.45, 2.75) is 51.5 Å². The van der Waals surface area contributed by atoms with Gasteiger partial charge < -0.3 is 10.5 Å². The molecule has 0 aliphatic heterocycles. The predicted octanol–water partition coefficient (Wildman–Crippen LogP) is 3.07. The Morgan fingerprint density at radius 3 is 2.63 bits per heavy atom. The van der Waals surface area contributed by atoms with E-state index in [9.17, 15) is 4.79 Å². The van der Waals surface area contributed by atoms with Gasteiger partial charge in [0.2, 0.25) is 0 Å². The van der Waals surface area contributed by atoms with Crippen LogP contribution in [0.15, 0.2) is 30.3 Å². The second kappa shape index (κ2) is 9.56. The lowest BCUT2D eigenvalue weighted by atomic mass is 10.1. The molecule has 3 nitrogen and oxygen atoms in total. The normalized spacial score (nSPS) is 12.1. The average molecular weight is 263 g/mol. The molecular formula is C16H25NO2. The Bertz CT molecular complexity index is 351. The number of carbonyl (C=O) groups is 1. The summed E-state index contributed by atoms with van der Waals surface area (Å²) in [5, 5.41) is 0. The number of carbonyl (C=O) groups excluding carboxylic acids is 1. The Balaban J connectivity index is 2.14.